The lowest BCUT2D eigenvalue weighted by Gasteiger charge is -2.21. The van der Waals surface area contributed by atoms with E-state index >= 15 is 0 Å². The number of aromatic nitrogens is 1. The minimum atomic E-state index is -0.943. The number of thiazole rings is 1. The number of anilines is 1. The van der Waals surface area contributed by atoms with E-state index in [1.165, 1.54) is 35.5 Å². The fraction of sp³-hybridized carbons (Fsp3) is 0.143. The Labute approximate surface area is 184 Å². The predicted octanol–water partition coefficient (Wildman–Crippen LogP) is 4.07. The fourth-order valence-corrected chi connectivity index (χ4v) is 5.11. The van der Waals surface area contributed by atoms with Crippen LogP contribution in [0.5, 0.6) is 0 Å². The number of aliphatic hydroxyl groups is 1. The summed E-state index contributed by atoms with van der Waals surface area (Å²) in [6.45, 7) is 1.60. The summed E-state index contributed by atoms with van der Waals surface area (Å²) in [7, 11) is 1.24. The largest absolute Gasteiger partial charge is 0.507 e. The summed E-state index contributed by atoms with van der Waals surface area (Å²) < 4.78 is 18.1. The molecule has 1 N–H and O–H groups in total. The molecule has 1 aromatic carbocycles. The van der Waals surface area contributed by atoms with Crippen molar-refractivity contribution in [2.24, 2.45) is 0 Å². The molecule has 0 saturated carbocycles. The molecule has 3 aromatic rings. The van der Waals surface area contributed by atoms with Gasteiger partial charge in [0.05, 0.1) is 18.4 Å². The van der Waals surface area contributed by atoms with Crippen LogP contribution in [0.1, 0.15) is 31.8 Å². The molecule has 7 nitrogen and oxygen atoms in total. The first-order valence-corrected chi connectivity index (χ1v) is 10.7. The summed E-state index contributed by atoms with van der Waals surface area (Å²) in [5, 5.41) is 12.8. The number of aryl methyl sites for hydroxylation is 1. The number of benzene rings is 1. The van der Waals surface area contributed by atoms with E-state index in [0.717, 1.165) is 23.5 Å². The van der Waals surface area contributed by atoms with Crippen molar-refractivity contribution >= 4 is 51.2 Å². The van der Waals surface area contributed by atoms with Crippen molar-refractivity contribution in [2.45, 2.75) is 13.0 Å². The Hall–Kier alpha value is -3.37. The van der Waals surface area contributed by atoms with Crippen LogP contribution in [0.15, 0.2) is 47.4 Å². The van der Waals surface area contributed by atoms with Crippen molar-refractivity contribution in [3.63, 3.8) is 0 Å². The summed E-state index contributed by atoms with van der Waals surface area (Å²) in [4.78, 5) is 44.3. The Morgan fingerprint density at radius 3 is 2.55 bits per heavy atom. The van der Waals surface area contributed by atoms with Gasteiger partial charge in [0, 0.05) is 10.4 Å². The summed E-state index contributed by atoms with van der Waals surface area (Å²) in [6, 6.07) is 7.50. The SMILES string of the molecule is COC(=O)c1sc(N2C(=O)C(=O)/C(=C(\O)c3ccc(F)cc3)C2c2cccs2)nc1C. The second kappa shape index (κ2) is 8.05. The third-order valence-electron chi connectivity index (χ3n) is 4.74. The smallest absolute Gasteiger partial charge is 0.350 e. The molecule has 4 rings (SSSR count). The van der Waals surface area contributed by atoms with Gasteiger partial charge in [-0.15, -0.1) is 11.3 Å². The third kappa shape index (κ3) is 3.53. The number of esters is 1. The van der Waals surface area contributed by atoms with Crippen LogP contribution < -0.4 is 4.90 Å². The van der Waals surface area contributed by atoms with Crippen LogP contribution in [-0.4, -0.2) is 34.9 Å². The first kappa shape index (κ1) is 20.9. The van der Waals surface area contributed by atoms with Gasteiger partial charge in [-0.2, -0.15) is 0 Å². The second-order valence-corrected chi connectivity index (χ2v) is 8.55. The first-order valence-electron chi connectivity index (χ1n) is 8.99. The first-order chi connectivity index (χ1) is 14.8. The summed E-state index contributed by atoms with van der Waals surface area (Å²) in [5.74, 6) is -3.29. The third-order valence-corrected chi connectivity index (χ3v) is 6.80. The van der Waals surface area contributed by atoms with Gasteiger partial charge in [-0.25, -0.2) is 14.2 Å². The van der Waals surface area contributed by atoms with Gasteiger partial charge in [-0.05, 0) is 42.6 Å². The lowest BCUT2D eigenvalue weighted by Crippen LogP contribution is -2.29. The summed E-state index contributed by atoms with van der Waals surface area (Å²) >= 11 is 2.22. The van der Waals surface area contributed by atoms with Gasteiger partial charge in [0.1, 0.15) is 22.5 Å². The highest BCUT2D eigenvalue weighted by molar-refractivity contribution is 7.18. The quantitative estimate of drug-likeness (QED) is 0.274. The molecule has 1 aliphatic heterocycles. The van der Waals surface area contributed by atoms with E-state index in [4.69, 9.17) is 4.74 Å². The van der Waals surface area contributed by atoms with Gasteiger partial charge in [0.2, 0.25) is 0 Å². The number of ether oxygens (including phenoxy) is 1. The molecule has 1 saturated heterocycles. The average molecular weight is 458 g/mol. The minimum absolute atomic E-state index is 0.133. The highest BCUT2D eigenvalue weighted by atomic mass is 32.1. The number of thiophene rings is 1. The van der Waals surface area contributed by atoms with Crippen molar-refractivity contribution in [3.8, 4) is 0 Å². The highest BCUT2D eigenvalue weighted by Crippen LogP contribution is 2.45. The number of hydrogen-bond acceptors (Lipinski definition) is 8. The molecule has 0 radical (unpaired) electrons. The molecule has 2 aromatic heterocycles. The van der Waals surface area contributed by atoms with Gasteiger partial charge in [0.15, 0.2) is 5.13 Å². The van der Waals surface area contributed by atoms with Crippen molar-refractivity contribution < 1.29 is 28.6 Å². The number of rotatable bonds is 4. The minimum Gasteiger partial charge on any atom is -0.507 e. The normalized spacial score (nSPS) is 17.9. The number of ketones is 1. The Kier molecular flexibility index (Phi) is 5.42. The van der Waals surface area contributed by atoms with Crippen LogP contribution in [0, 0.1) is 12.7 Å². The van der Waals surface area contributed by atoms with Crippen molar-refractivity contribution in [3.05, 3.63) is 74.2 Å². The van der Waals surface area contributed by atoms with Gasteiger partial charge in [-0.3, -0.25) is 14.5 Å². The number of carbonyl (C=O) groups excluding carboxylic acids is 3. The van der Waals surface area contributed by atoms with Crippen LogP contribution in [0.4, 0.5) is 9.52 Å². The zero-order valence-electron chi connectivity index (χ0n) is 16.3. The maximum absolute atomic E-state index is 13.3. The lowest BCUT2D eigenvalue weighted by atomic mass is 10.00. The standard InChI is InChI=1S/C21H15FN2O5S2/c1-10-18(20(28)29-2)31-21(23-10)24-15(13-4-3-9-30-13)14(17(26)19(24)27)16(25)11-5-7-12(22)8-6-11/h3-9,15,25H,1-2H3/b16-14-. The number of methoxy groups -OCH3 is 1. The Bertz CT molecular complexity index is 1220. The van der Waals surface area contributed by atoms with Crippen molar-refractivity contribution in [2.75, 3.05) is 12.0 Å². The Morgan fingerprint density at radius 2 is 1.94 bits per heavy atom. The molecule has 0 bridgehead atoms. The zero-order valence-corrected chi connectivity index (χ0v) is 17.9. The monoisotopic (exact) mass is 458 g/mol. The van der Waals surface area contributed by atoms with E-state index in [-0.39, 0.29) is 21.1 Å². The zero-order chi connectivity index (χ0) is 22.3. The van der Waals surface area contributed by atoms with Crippen LogP contribution >= 0.6 is 22.7 Å². The van der Waals surface area contributed by atoms with Gasteiger partial charge < -0.3 is 9.84 Å². The molecule has 1 unspecified atom stereocenters. The number of halogens is 1. The molecule has 0 spiro atoms. The number of Topliss-reactive ketones (excluding diaryl/α,β-unsaturated/α-hetero) is 1. The molecule has 158 valence electrons. The van der Waals surface area contributed by atoms with Gasteiger partial charge in [-0.1, -0.05) is 17.4 Å². The maximum Gasteiger partial charge on any atom is 0.350 e. The van der Waals surface area contributed by atoms with E-state index in [1.54, 1.807) is 24.4 Å². The lowest BCUT2D eigenvalue weighted by molar-refractivity contribution is -0.132. The van der Waals surface area contributed by atoms with Gasteiger partial charge >= 0.3 is 11.9 Å². The molecule has 10 heteroatoms. The maximum atomic E-state index is 13.3. The summed E-state index contributed by atoms with van der Waals surface area (Å²) in [5.41, 5.74) is 0.426. The van der Waals surface area contributed by atoms with E-state index < -0.39 is 35.3 Å². The highest BCUT2D eigenvalue weighted by Gasteiger charge is 2.48. The van der Waals surface area contributed by atoms with Crippen LogP contribution in [0.3, 0.4) is 0 Å². The van der Waals surface area contributed by atoms with Crippen molar-refractivity contribution in [1.29, 1.82) is 0 Å². The molecule has 1 amide bonds. The van der Waals surface area contributed by atoms with E-state index in [2.05, 4.69) is 4.98 Å². The summed E-state index contributed by atoms with van der Waals surface area (Å²) in [6.07, 6.45) is 0. The molecule has 0 aliphatic carbocycles. The van der Waals surface area contributed by atoms with Crippen LogP contribution in [0.2, 0.25) is 0 Å². The van der Waals surface area contributed by atoms with Crippen LogP contribution in [-0.2, 0) is 14.3 Å². The molecule has 1 aliphatic rings. The Balaban J connectivity index is 1.90. The number of carbonyl (C=O) groups is 3. The fourth-order valence-electron chi connectivity index (χ4n) is 3.28. The molecule has 1 fully saturated rings. The number of nitrogens with zero attached hydrogens (tertiary/aromatic N) is 2. The van der Waals surface area contributed by atoms with Gasteiger partial charge in [0.25, 0.3) is 5.78 Å². The van der Waals surface area contributed by atoms with E-state index in [1.807, 2.05) is 0 Å². The number of aliphatic hydroxyl groups excluding tert-OH is 1. The Morgan fingerprint density at radius 1 is 1.23 bits per heavy atom. The topological polar surface area (TPSA) is 96.8 Å². The van der Waals surface area contributed by atoms with E-state index in [0.29, 0.717) is 10.6 Å². The van der Waals surface area contributed by atoms with Crippen LogP contribution in [0.25, 0.3) is 5.76 Å². The average Bonchev–Trinajstić information content (AvgIpc) is 3.47. The molecule has 1 atom stereocenters. The predicted molar refractivity (Wildman–Crippen MR) is 114 cm³/mol. The van der Waals surface area contributed by atoms with E-state index in [9.17, 15) is 23.9 Å². The number of hydrogen-bond donors (Lipinski definition) is 1. The molecular weight excluding hydrogens is 443 g/mol. The van der Waals surface area contributed by atoms with Crippen molar-refractivity contribution in [1.82, 2.24) is 4.98 Å². The molecule has 3 heterocycles. The molecule has 31 heavy (non-hydrogen) atoms. The number of amides is 1. The molecular formula is C21H15FN2O5S2. The second-order valence-electron chi connectivity index (χ2n) is 6.59.